The second-order valence-electron chi connectivity index (χ2n) is 4.53. The molecule has 21 heavy (non-hydrogen) atoms. The van der Waals surface area contributed by atoms with Gasteiger partial charge in [0.1, 0.15) is 12.4 Å². The number of hydrogen-bond acceptors (Lipinski definition) is 2. The van der Waals surface area contributed by atoms with E-state index in [1.807, 2.05) is 37.3 Å². The summed E-state index contributed by atoms with van der Waals surface area (Å²) in [5.41, 5.74) is 1.72. The van der Waals surface area contributed by atoms with Gasteiger partial charge in [-0.1, -0.05) is 35.9 Å². The first-order valence-electron chi connectivity index (χ1n) is 6.64. The second-order valence-corrected chi connectivity index (χ2v) is 4.93. The van der Waals surface area contributed by atoms with E-state index >= 15 is 0 Å². The van der Waals surface area contributed by atoms with Crippen molar-refractivity contribution in [2.75, 3.05) is 18.5 Å². The van der Waals surface area contributed by atoms with Crippen molar-refractivity contribution in [2.24, 2.45) is 0 Å². The van der Waals surface area contributed by atoms with Gasteiger partial charge in [0.25, 0.3) is 0 Å². The number of amides is 2. The van der Waals surface area contributed by atoms with Crippen LogP contribution in [0.2, 0.25) is 5.02 Å². The third-order valence-electron chi connectivity index (χ3n) is 2.77. The van der Waals surface area contributed by atoms with Crippen molar-refractivity contribution >= 4 is 23.3 Å². The average molecular weight is 305 g/mol. The molecule has 0 aliphatic carbocycles. The molecule has 110 valence electrons. The molecular weight excluding hydrogens is 288 g/mol. The Labute approximate surface area is 129 Å². The summed E-state index contributed by atoms with van der Waals surface area (Å²) in [6.45, 7) is 2.81. The van der Waals surface area contributed by atoms with Crippen LogP contribution >= 0.6 is 11.6 Å². The summed E-state index contributed by atoms with van der Waals surface area (Å²) in [5.74, 6) is 0.795. The Hall–Kier alpha value is -2.20. The molecule has 0 aromatic heterocycles. The van der Waals surface area contributed by atoms with E-state index in [1.165, 1.54) is 0 Å². The van der Waals surface area contributed by atoms with E-state index in [0.29, 0.717) is 23.9 Å². The van der Waals surface area contributed by atoms with Crippen molar-refractivity contribution in [3.8, 4) is 5.75 Å². The Kier molecular flexibility index (Phi) is 5.46. The zero-order valence-corrected chi connectivity index (χ0v) is 12.5. The maximum absolute atomic E-state index is 11.7. The van der Waals surface area contributed by atoms with Gasteiger partial charge in [-0.15, -0.1) is 0 Å². The summed E-state index contributed by atoms with van der Waals surface area (Å²) in [6, 6.07) is 14.5. The minimum atomic E-state index is -0.309. The van der Waals surface area contributed by atoms with Crippen LogP contribution in [0, 0.1) is 6.92 Å². The number of ether oxygens (including phenoxy) is 1. The van der Waals surface area contributed by atoms with E-state index in [1.54, 1.807) is 18.2 Å². The second kappa shape index (κ2) is 7.55. The van der Waals surface area contributed by atoms with E-state index < -0.39 is 0 Å². The molecule has 2 aromatic carbocycles. The van der Waals surface area contributed by atoms with Gasteiger partial charge in [0.2, 0.25) is 0 Å². The van der Waals surface area contributed by atoms with Gasteiger partial charge < -0.3 is 15.4 Å². The predicted molar refractivity (Wildman–Crippen MR) is 85.1 cm³/mol. The van der Waals surface area contributed by atoms with Gasteiger partial charge in [-0.3, -0.25) is 0 Å². The highest BCUT2D eigenvalue weighted by Gasteiger charge is 2.04. The number of rotatable bonds is 5. The fourth-order valence-corrected chi connectivity index (χ4v) is 1.95. The Bertz CT molecular complexity index is 617. The molecule has 0 aliphatic rings. The van der Waals surface area contributed by atoms with E-state index in [-0.39, 0.29) is 6.03 Å². The monoisotopic (exact) mass is 304 g/mol. The van der Waals surface area contributed by atoms with Gasteiger partial charge in [0.05, 0.1) is 17.3 Å². The molecule has 0 heterocycles. The molecule has 0 bridgehead atoms. The standard InChI is InChI=1S/C16H17ClN2O2/c1-12-5-4-6-13(11-12)21-10-9-18-16(20)19-15-8-3-2-7-14(15)17/h2-8,11H,9-10H2,1H3,(H2,18,19,20). The predicted octanol–water partition coefficient (Wildman–Crippen LogP) is 3.85. The number of nitrogens with one attached hydrogen (secondary N) is 2. The molecular formula is C16H17ClN2O2. The van der Waals surface area contributed by atoms with E-state index in [0.717, 1.165) is 11.3 Å². The number of para-hydroxylation sites is 1. The minimum Gasteiger partial charge on any atom is -0.492 e. The third kappa shape index (κ3) is 5.00. The first-order chi connectivity index (χ1) is 10.1. The van der Waals surface area contributed by atoms with Crippen LogP contribution in [-0.4, -0.2) is 19.2 Å². The lowest BCUT2D eigenvalue weighted by Crippen LogP contribution is -2.32. The van der Waals surface area contributed by atoms with Crippen LogP contribution in [0.15, 0.2) is 48.5 Å². The minimum absolute atomic E-state index is 0.309. The Morgan fingerprint density at radius 1 is 1.19 bits per heavy atom. The number of anilines is 1. The molecule has 2 rings (SSSR count). The van der Waals surface area contributed by atoms with Gasteiger partial charge in [-0.05, 0) is 36.8 Å². The zero-order valence-electron chi connectivity index (χ0n) is 11.7. The van der Waals surface area contributed by atoms with Gasteiger partial charge in [0, 0.05) is 0 Å². The average Bonchev–Trinajstić information content (AvgIpc) is 2.46. The number of halogens is 1. The molecule has 4 nitrogen and oxygen atoms in total. The highest BCUT2D eigenvalue weighted by Crippen LogP contribution is 2.20. The number of urea groups is 1. The lowest BCUT2D eigenvalue weighted by atomic mass is 10.2. The summed E-state index contributed by atoms with van der Waals surface area (Å²) < 4.78 is 5.54. The highest BCUT2D eigenvalue weighted by atomic mass is 35.5. The van der Waals surface area contributed by atoms with Crippen LogP contribution < -0.4 is 15.4 Å². The largest absolute Gasteiger partial charge is 0.492 e. The molecule has 2 N–H and O–H groups in total. The van der Waals surface area contributed by atoms with Gasteiger partial charge in [-0.25, -0.2) is 4.79 Å². The molecule has 0 radical (unpaired) electrons. The maximum Gasteiger partial charge on any atom is 0.319 e. The zero-order chi connectivity index (χ0) is 15.1. The van der Waals surface area contributed by atoms with Crippen molar-refractivity contribution in [3.05, 3.63) is 59.1 Å². The SMILES string of the molecule is Cc1cccc(OCCNC(=O)Nc2ccccc2Cl)c1. The van der Waals surface area contributed by atoms with E-state index in [2.05, 4.69) is 10.6 Å². The third-order valence-corrected chi connectivity index (χ3v) is 3.10. The molecule has 5 heteroatoms. The highest BCUT2D eigenvalue weighted by molar-refractivity contribution is 6.33. The molecule has 0 unspecified atom stereocenters. The molecule has 0 spiro atoms. The number of benzene rings is 2. The quantitative estimate of drug-likeness (QED) is 0.824. The molecule has 0 atom stereocenters. The molecule has 0 saturated carbocycles. The summed E-state index contributed by atoms with van der Waals surface area (Å²) in [6.07, 6.45) is 0. The maximum atomic E-state index is 11.7. The van der Waals surface area contributed by atoms with Crippen LogP contribution in [0.25, 0.3) is 0 Å². The first-order valence-corrected chi connectivity index (χ1v) is 7.02. The summed E-state index contributed by atoms with van der Waals surface area (Å²) in [4.78, 5) is 11.7. The van der Waals surface area contributed by atoms with Crippen molar-refractivity contribution in [3.63, 3.8) is 0 Å². The Morgan fingerprint density at radius 3 is 2.76 bits per heavy atom. The lowest BCUT2D eigenvalue weighted by molar-refractivity contribution is 0.247. The molecule has 0 fully saturated rings. The molecule has 2 amide bonds. The van der Waals surface area contributed by atoms with Crippen molar-refractivity contribution in [1.82, 2.24) is 5.32 Å². The summed E-state index contributed by atoms with van der Waals surface area (Å²) in [7, 11) is 0. The summed E-state index contributed by atoms with van der Waals surface area (Å²) >= 11 is 5.96. The Balaban J connectivity index is 1.71. The topological polar surface area (TPSA) is 50.4 Å². The summed E-state index contributed by atoms with van der Waals surface area (Å²) in [5, 5.41) is 5.89. The van der Waals surface area contributed by atoms with Gasteiger partial charge >= 0.3 is 6.03 Å². The first kappa shape index (κ1) is 15.2. The number of carbonyl (C=O) groups excluding carboxylic acids is 1. The molecule has 2 aromatic rings. The molecule has 0 aliphatic heterocycles. The van der Waals surface area contributed by atoms with Crippen LogP contribution in [0.1, 0.15) is 5.56 Å². The fourth-order valence-electron chi connectivity index (χ4n) is 1.77. The normalized spacial score (nSPS) is 10.0. The van der Waals surface area contributed by atoms with Crippen molar-refractivity contribution in [1.29, 1.82) is 0 Å². The van der Waals surface area contributed by atoms with Crippen LogP contribution in [-0.2, 0) is 0 Å². The van der Waals surface area contributed by atoms with Crippen LogP contribution in [0.3, 0.4) is 0 Å². The number of aryl methyl sites for hydroxylation is 1. The van der Waals surface area contributed by atoms with Gasteiger partial charge in [-0.2, -0.15) is 0 Å². The fraction of sp³-hybridized carbons (Fsp3) is 0.188. The van der Waals surface area contributed by atoms with Crippen molar-refractivity contribution in [2.45, 2.75) is 6.92 Å². The smallest absolute Gasteiger partial charge is 0.319 e. The van der Waals surface area contributed by atoms with E-state index in [4.69, 9.17) is 16.3 Å². The number of carbonyl (C=O) groups is 1. The number of hydrogen-bond donors (Lipinski definition) is 2. The van der Waals surface area contributed by atoms with E-state index in [9.17, 15) is 4.79 Å². The van der Waals surface area contributed by atoms with Crippen LogP contribution in [0.4, 0.5) is 10.5 Å². The Morgan fingerprint density at radius 2 is 2.00 bits per heavy atom. The lowest BCUT2D eigenvalue weighted by Gasteiger charge is -2.10. The molecule has 0 saturated heterocycles. The van der Waals surface area contributed by atoms with Crippen molar-refractivity contribution < 1.29 is 9.53 Å². The van der Waals surface area contributed by atoms with Crippen LogP contribution in [0.5, 0.6) is 5.75 Å². The van der Waals surface area contributed by atoms with Gasteiger partial charge in [0.15, 0.2) is 0 Å².